The van der Waals surface area contributed by atoms with Gasteiger partial charge in [0.05, 0.1) is 13.2 Å². The van der Waals surface area contributed by atoms with Crippen LogP contribution >= 0.6 is 0 Å². The Morgan fingerprint density at radius 3 is 2.69 bits per heavy atom. The fourth-order valence-corrected chi connectivity index (χ4v) is 7.83. The normalized spacial score (nSPS) is 44.3. The summed E-state index contributed by atoms with van der Waals surface area (Å²) in [5.74, 6) is -2.65. The average molecular weight is 411 g/mol. The standard InChI is InChI=1S/C24H36F2O3/c1-22-12-10-20-18(6-4-16-14-17(27)9-11-23(16,20)2)19(22)7-5-15(22)8-13-24(25,26)21(28)29-3/h4,15,17-20,27H,5-14H2,1-3H3/t15-,17+,18+,19+,20+,22-,23+/m1/s1. The van der Waals surface area contributed by atoms with Gasteiger partial charge in [-0.05, 0) is 92.3 Å². The van der Waals surface area contributed by atoms with Crippen LogP contribution in [0.1, 0.15) is 78.1 Å². The van der Waals surface area contributed by atoms with E-state index in [0.29, 0.717) is 24.2 Å². The van der Waals surface area contributed by atoms with Crippen molar-refractivity contribution in [2.24, 2.45) is 34.5 Å². The monoisotopic (exact) mass is 410 g/mol. The Kier molecular flexibility index (Phi) is 5.37. The van der Waals surface area contributed by atoms with Crippen molar-refractivity contribution in [3.8, 4) is 0 Å². The van der Waals surface area contributed by atoms with E-state index in [1.165, 1.54) is 5.57 Å². The molecular weight excluding hydrogens is 374 g/mol. The van der Waals surface area contributed by atoms with E-state index in [9.17, 15) is 18.7 Å². The summed E-state index contributed by atoms with van der Waals surface area (Å²) in [6.07, 6.45) is 10.5. The number of carbonyl (C=O) groups is 1. The third-order valence-corrected chi connectivity index (χ3v) is 9.57. The molecule has 1 N–H and O–H groups in total. The Bertz CT molecular complexity index is 690. The van der Waals surface area contributed by atoms with Crippen LogP contribution in [0.4, 0.5) is 8.78 Å². The highest BCUT2D eigenvalue weighted by atomic mass is 19.3. The third-order valence-electron chi connectivity index (χ3n) is 9.57. The molecule has 4 aliphatic rings. The predicted molar refractivity (Wildman–Crippen MR) is 107 cm³/mol. The van der Waals surface area contributed by atoms with Crippen LogP contribution in [0.25, 0.3) is 0 Å². The van der Waals surface area contributed by atoms with Crippen molar-refractivity contribution in [3.63, 3.8) is 0 Å². The van der Waals surface area contributed by atoms with E-state index in [0.717, 1.165) is 58.5 Å². The number of hydrogen-bond donors (Lipinski definition) is 1. The number of halogens is 2. The molecule has 0 amide bonds. The summed E-state index contributed by atoms with van der Waals surface area (Å²) >= 11 is 0. The van der Waals surface area contributed by atoms with Crippen LogP contribution in [0, 0.1) is 34.5 Å². The highest BCUT2D eigenvalue weighted by Crippen LogP contribution is 2.66. The van der Waals surface area contributed by atoms with Crippen molar-refractivity contribution in [1.82, 2.24) is 0 Å². The lowest BCUT2D eigenvalue weighted by Gasteiger charge is -2.58. The molecule has 29 heavy (non-hydrogen) atoms. The zero-order valence-corrected chi connectivity index (χ0v) is 18.1. The molecule has 4 rings (SSSR count). The largest absolute Gasteiger partial charge is 0.465 e. The van der Waals surface area contributed by atoms with Gasteiger partial charge in [0.15, 0.2) is 0 Å². The third kappa shape index (κ3) is 3.36. The molecule has 164 valence electrons. The van der Waals surface area contributed by atoms with Gasteiger partial charge in [-0.25, -0.2) is 4.79 Å². The molecule has 3 fully saturated rings. The minimum Gasteiger partial charge on any atom is -0.465 e. The first kappa shape index (κ1) is 21.3. The highest BCUT2D eigenvalue weighted by molar-refractivity contribution is 5.77. The summed E-state index contributed by atoms with van der Waals surface area (Å²) in [6.45, 7) is 4.74. The van der Waals surface area contributed by atoms with E-state index < -0.39 is 18.3 Å². The fraction of sp³-hybridized carbons (Fsp3) is 0.875. The number of rotatable bonds is 4. The first-order valence-electron chi connectivity index (χ1n) is 11.5. The number of ether oxygens (including phenoxy) is 1. The molecule has 5 heteroatoms. The van der Waals surface area contributed by atoms with Crippen LogP contribution in [0.5, 0.6) is 0 Å². The predicted octanol–water partition coefficient (Wildman–Crippen LogP) is 5.51. The molecule has 0 saturated heterocycles. The zero-order valence-electron chi connectivity index (χ0n) is 18.1. The second-order valence-corrected chi connectivity index (χ2v) is 10.7. The van der Waals surface area contributed by atoms with Crippen LogP contribution in [0.15, 0.2) is 11.6 Å². The lowest BCUT2D eigenvalue weighted by molar-refractivity contribution is -0.170. The minimum atomic E-state index is -3.38. The van der Waals surface area contributed by atoms with E-state index in [1.807, 2.05) is 0 Å². The Hall–Kier alpha value is -0.970. The van der Waals surface area contributed by atoms with Gasteiger partial charge in [0.25, 0.3) is 0 Å². The Morgan fingerprint density at radius 1 is 1.21 bits per heavy atom. The van der Waals surface area contributed by atoms with Crippen LogP contribution in [-0.4, -0.2) is 30.2 Å². The molecule has 0 unspecified atom stereocenters. The summed E-state index contributed by atoms with van der Waals surface area (Å²) < 4.78 is 32.4. The number of methoxy groups -OCH3 is 1. The van der Waals surface area contributed by atoms with E-state index in [2.05, 4.69) is 24.7 Å². The molecule has 0 aromatic heterocycles. The topological polar surface area (TPSA) is 46.5 Å². The lowest BCUT2D eigenvalue weighted by atomic mass is 9.47. The number of hydrogen-bond acceptors (Lipinski definition) is 3. The molecule has 0 aromatic carbocycles. The Morgan fingerprint density at radius 2 is 1.97 bits per heavy atom. The number of alkyl halides is 2. The fourth-order valence-electron chi connectivity index (χ4n) is 7.83. The van der Waals surface area contributed by atoms with Crippen LogP contribution in [-0.2, 0) is 9.53 Å². The summed E-state index contributed by atoms with van der Waals surface area (Å²) in [7, 11) is 1.03. The first-order chi connectivity index (χ1) is 13.6. The second kappa shape index (κ2) is 7.32. The maximum Gasteiger partial charge on any atom is 0.376 e. The summed E-state index contributed by atoms with van der Waals surface area (Å²) in [6, 6.07) is 0. The van der Waals surface area contributed by atoms with Gasteiger partial charge in [-0.1, -0.05) is 25.5 Å². The van der Waals surface area contributed by atoms with Gasteiger partial charge in [-0.3, -0.25) is 0 Å². The Balaban J connectivity index is 1.49. The molecule has 0 radical (unpaired) electrons. The van der Waals surface area contributed by atoms with Crippen molar-refractivity contribution < 1.29 is 23.4 Å². The van der Waals surface area contributed by atoms with Crippen molar-refractivity contribution in [1.29, 1.82) is 0 Å². The quantitative estimate of drug-likeness (QED) is 0.491. The lowest BCUT2D eigenvalue weighted by Crippen LogP contribution is -2.50. The molecule has 0 aliphatic heterocycles. The summed E-state index contributed by atoms with van der Waals surface area (Å²) in [5, 5.41) is 10.1. The van der Waals surface area contributed by atoms with Gasteiger partial charge in [0.2, 0.25) is 0 Å². The van der Waals surface area contributed by atoms with Gasteiger partial charge in [0, 0.05) is 6.42 Å². The molecular formula is C24H36F2O3. The molecule has 7 atom stereocenters. The van der Waals surface area contributed by atoms with E-state index in [1.54, 1.807) is 0 Å². The average Bonchev–Trinajstić information content (AvgIpc) is 3.02. The highest BCUT2D eigenvalue weighted by Gasteiger charge is 2.58. The number of aliphatic hydroxyl groups is 1. The maximum absolute atomic E-state index is 14.1. The molecule has 0 aromatic rings. The van der Waals surface area contributed by atoms with Gasteiger partial charge >= 0.3 is 11.9 Å². The first-order valence-corrected chi connectivity index (χ1v) is 11.5. The summed E-state index contributed by atoms with van der Waals surface area (Å²) in [4.78, 5) is 11.4. The summed E-state index contributed by atoms with van der Waals surface area (Å²) in [5.41, 5.74) is 1.77. The van der Waals surface area contributed by atoms with Crippen molar-refractivity contribution in [3.05, 3.63) is 11.6 Å². The van der Waals surface area contributed by atoms with Crippen LogP contribution in [0.2, 0.25) is 0 Å². The maximum atomic E-state index is 14.1. The molecule has 0 heterocycles. The van der Waals surface area contributed by atoms with Gasteiger partial charge in [-0.15, -0.1) is 0 Å². The molecule has 0 bridgehead atoms. The van der Waals surface area contributed by atoms with Crippen LogP contribution < -0.4 is 0 Å². The number of esters is 1. The number of fused-ring (bicyclic) bond motifs is 5. The second-order valence-electron chi connectivity index (χ2n) is 10.7. The van der Waals surface area contributed by atoms with Gasteiger partial charge < -0.3 is 9.84 Å². The van der Waals surface area contributed by atoms with Crippen LogP contribution in [0.3, 0.4) is 0 Å². The molecule has 3 saturated carbocycles. The van der Waals surface area contributed by atoms with Gasteiger partial charge in [0.1, 0.15) is 0 Å². The number of aliphatic hydroxyl groups excluding tert-OH is 1. The SMILES string of the molecule is COC(=O)C(F)(F)CC[C@H]1CC[C@H]2[C@@H]3CC=C4C[C@@H](O)CC[C@]4(C)[C@H]3CC[C@]12C. The van der Waals surface area contributed by atoms with E-state index in [-0.39, 0.29) is 22.9 Å². The van der Waals surface area contributed by atoms with Crippen molar-refractivity contribution >= 4 is 5.97 Å². The Labute approximate surface area is 173 Å². The zero-order chi connectivity index (χ0) is 21.0. The number of carbonyl (C=O) groups excluding carboxylic acids is 1. The van der Waals surface area contributed by atoms with E-state index >= 15 is 0 Å². The van der Waals surface area contributed by atoms with Gasteiger partial charge in [-0.2, -0.15) is 8.78 Å². The van der Waals surface area contributed by atoms with Crippen molar-refractivity contribution in [2.75, 3.05) is 7.11 Å². The van der Waals surface area contributed by atoms with E-state index in [4.69, 9.17) is 0 Å². The smallest absolute Gasteiger partial charge is 0.376 e. The molecule has 3 nitrogen and oxygen atoms in total. The number of allylic oxidation sites excluding steroid dienone is 1. The minimum absolute atomic E-state index is 0.100. The molecule has 0 spiro atoms. The van der Waals surface area contributed by atoms with Crippen molar-refractivity contribution in [2.45, 2.75) is 90.1 Å². The molecule has 4 aliphatic carbocycles.